The van der Waals surface area contributed by atoms with Crippen LogP contribution in [0.15, 0.2) is 30.7 Å². The van der Waals surface area contributed by atoms with E-state index >= 15 is 0 Å². The van der Waals surface area contributed by atoms with Gasteiger partial charge in [-0.1, -0.05) is 0 Å². The van der Waals surface area contributed by atoms with E-state index in [1.807, 2.05) is 18.3 Å². The smallest absolute Gasteiger partial charge is 0.220 e. The van der Waals surface area contributed by atoms with Crippen molar-refractivity contribution >= 4 is 22.7 Å². The second kappa shape index (κ2) is 6.09. The molecule has 24 heavy (non-hydrogen) atoms. The van der Waals surface area contributed by atoms with E-state index in [9.17, 15) is 5.11 Å². The number of nitrogens with two attached hydrogens (primary N) is 1. The molecular formula is C17H20N6O. The molecule has 0 bridgehead atoms. The summed E-state index contributed by atoms with van der Waals surface area (Å²) in [6.07, 6.45) is 8.64. The summed E-state index contributed by atoms with van der Waals surface area (Å²) in [6.45, 7) is 1.09. The van der Waals surface area contributed by atoms with Crippen molar-refractivity contribution in [3.63, 3.8) is 0 Å². The standard InChI is InChI=1S/C17H20N6O/c18-17-20-6-4-13(22-17)12-9-21-16-15(12)14(5-7-19-16)23-8-2-1-3-11(23)10-24/h4-7,9,11,24H,1-3,8,10H2,(H,19,21)(H2,18,20,22). The van der Waals surface area contributed by atoms with Gasteiger partial charge in [0.05, 0.1) is 29.4 Å². The minimum Gasteiger partial charge on any atom is -0.394 e. The Morgan fingerprint density at radius 1 is 1.25 bits per heavy atom. The average molecular weight is 324 g/mol. The van der Waals surface area contributed by atoms with Crippen LogP contribution in [-0.4, -0.2) is 44.2 Å². The van der Waals surface area contributed by atoms with Gasteiger partial charge in [-0.05, 0) is 31.4 Å². The molecule has 0 aliphatic carbocycles. The van der Waals surface area contributed by atoms with Crippen LogP contribution in [0, 0.1) is 0 Å². The number of H-pyrrole nitrogens is 1. The Morgan fingerprint density at radius 3 is 2.96 bits per heavy atom. The second-order valence-corrected chi connectivity index (χ2v) is 6.08. The zero-order chi connectivity index (χ0) is 16.5. The van der Waals surface area contributed by atoms with E-state index in [0.717, 1.165) is 53.8 Å². The average Bonchev–Trinajstić information content (AvgIpc) is 3.06. The fourth-order valence-corrected chi connectivity index (χ4v) is 3.51. The van der Waals surface area contributed by atoms with Crippen molar-refractivity contribution in [3.05, 3.63) is 30.7 Å². The summed E-state index contributed by atoms with van der Waals surface area (Å²) in [5.74, 6) is 0.249. The summed E-state index contributed by atoms with van der Waals surface area (Å²) in [6, 6.07) is 4.00. The van der Waals surface area contributed by atoms with Crippen LogP contribution < -0.4 is 10.6 Å². The van der Waals surface area contributed by atoms with Gasteiger partial charge in [0, 0.05) is 30.7 Å². The summed E-state index contributed by atoms with van der Waals surface area (Å²) in [7, 11) is 0. The topological polar surface area (TPSA) is 104 Å². The zero-order valence-corrected chi connectivity index (χ0v) is 13.3. The molecule has 4 N–H and O–H groups in total. The Balaban J connectivity index is 1.89. The number of aliphatic hydroxyl groups excluding tert-OH is 1. The number of anilines is 2. The Bertz CT molecular complexity index is 861. The fraction of sp³-hybridized carbons (Fsp3) is 0.353. The highest BCUT2D eigenvalue weighted by atomic mass is 16.3. The monoisotopic (exact) mass is 324 g/mol. The number of pyridine rings is 1. The minimum atomic E-state index is 0.141. The summed E-state index contributed by atoms with van der Waals surface area (Å²) in [5.41, 5.74) is 9.34. The number of nitrogens with one attached hydrogen (secondary N) is 1. The highest BCUT2D eigenvalue weighted by Crippen LogP contribution is 2.36. The molecule has 0 spiro atoms. The molecule has 1 aliphatic rings. The number of rotatable bonds is 3. The van der Waals surface area contributed by atoms with Crippen molar-refractivity contribution in [2.75, 3.05) is 23.8 Å². The van der Waals surface area contributed by atoms with Crippen molar-refractivity contribution in [1.82, 2.24) is 19.9 Å². The Kier molecular flexibility index (Phi) is 3.78. The van der Waals surface area contributed by atoms with Gasteiger partial charge < -0.3 is 20.7 Å². The van der Waals surface area contributed by atoms with Gasteiger partial charge in [-0.2, -0.15) is 0 Å². The van der Waals surface area contributed by atoms with Crippen molar-refractivity contribution < 1.29 is 5.11 Å². The van der Waals surface area contributed by atoms with E-state index in [1.165, 1.54) is 0 Å². The van der Waals surface area contributed by atoms with Crippen LogP contribution in [0.2, 0.25) is 0 Å². The maximum Gasteiger partial charge on any atom is 0.220 e. The van der Waals surface area contributed by atoms with Gasteiger partial charge in [-0.15, -0.1) is 0 Å². The molecule has 4 heterocycles. The first-order valence-corrected chi connectivity index (χ1v) is 8.20. The largest absolute Gasteiger partial charge is 0.394 e. The summed E-state index contributed by atoms with van der Waals surface area (Å²) >= 11 is 0. The van der Waals surface area contributed by atoms with Crippen LogP contribution in [0.3, 0.4) is 0 Å². The molecule has 7 nitrogen and oxygen atoms in total. The van der Waals surface area contributed by atoms with Gasteiger partial charge in [0.15, 0.2) is 0 Å². The molecule has 1 aliphatic heterocycles. The molecule has 7 heteroatoms. The third-order valence-corrected chi connectivity index (χ3v) is 4.65. The van der Waals surface area contributed by atoms with Crippen LogP contribution >= 0.6 is 0 Å². The molecule has 0 radical (unpaired) electrons. The number of piperidine rings is 1. The molecule has 4 rings (SSSR count). The van der Waals surface area contributed by atoms with Gasteiger partial charge in [-0.3, -0.25) is 0 Å². The number of aromatic nitrogens is 4. The minimum absolute atomic E-state index is 0.141. The van der Waals surface area contributed by atoms with E-state index in [-0.39, 0.29) is 18.6 Å². The third-order valence-electron chi connectivity index (χ3n) is 4.65. The molecule has 0 aromatic carbocycles. The number of nitrogen functional groups attached to an aromatic ring is 1. The van der Waals surface area contributed by atoms with Crippen molar-refractivity contribution in [2.45, 2.75) is 25.3 Å². The fourth-order valence-electron chi connectivity index (χ4n) is 3.51. The first-order valence-electron chi connectivity index (χ1n) is 8.20. The lowest BCUT2D eigenvalue weighted by Crippen LogP contribution is -2.42. The number of hydrogen-bond acceptors (Lipinski definition) is 6. The highest BCUT2D eigenvalue weighted by Gasteiger charge is 2.25. The number of aromatic amines is 1. The van der Waals surface area contributed by atoms with Crippen LogP contribution in [0.4, 0.5) is 11.6 Å². The van der Waals surface area contributed by atoms with Gasteiger partial charge >= 0.3 is 0 Å². The van der Waals surface area contributed by atoms with Gasteiger partial charge in [-0.25, -0.2) is 15.0 Å². The lowest BCUT2D eigenvalue weighted by molar-refractivity contribution is 0.240. The molecule has 0 saturated carbocycles. The maximum absolute atomic E-state index is 9.77. The summed E-state index contributed by atoms with van der Waals surface area (Å²) in [4.78, 5) is 18.2. The molecule has 1 fully saturated rings. The predicted octanol–water partition coefficient (Wildman–Crippen LogP) is 1.95. The Labute approximate surface area is 139 Å². The van der Waals surface area contributed by atoms with Gasteiger partial charge in [0.2, 0.25) is 5.95 Å². The van der Waals surface area contributed by atoms with Crippen molar-refractivity contribution in [1.29, 1.82) is 0 Å². The molecule has 124 valence electrons. The first-order chi connectivity index (χ1) is 11.8. The Hall–Kier alpha value is -2.67. The third kappa shape index (κ3) is 2.46. The lowest BCUT2D eigenvalue weighted by atomic mass is 10.0. The van der Waals surface area contributed by atoms with Crippen LogP contribution in [-0.2, 0) is 0 Å². The van der Waals surface area contributed by atoms with E-state index in [0.29, 0.717) is 0 Å². The van der Waals surface area contributed by atoms with Crippen LogP contribution in [0.5, 0.6) is 0 Å². The maximum atomic E-state index is 9.77. The van der Waals surface area contributed by atoms with Crippen molar-refractivity contribution in [2.24, 2.45) is 0 Å². The normalized spacial score (nSPS) is 18.2. The van der Waals surface area contributed by atoms with E-state index < -0.39 is 0 Å². The summed E-state index contributed by atoms with van der Waals surface area (Å²) < 4.78 is 0. The predicted molar refractivity (Wildman–Crippen MR) is 93.6 cm³/mol. The van der Waals surface area contributed by atoms with E-state index in [4.69, 9.17) is 5.73 Å². The van der Waals surface area contributed by atoms with E-state index in [1.54, 1.807) is 12.4 Å². The second-order valence-electron chi connectivity index (χ2n) is 6.08. The quantitative estimate of drug-likeness (QED) is 0.680. The lowest BCUT2D eigenvalue weighted by Gasteiger charge is -2.37. The molecule has 3 aromatic heterocycles. The van der Waals surface area contributed by atoms with E-state index in [2.05, 4.69) is 24.8 Å². The zero-order valence-electron chi connectivity index (χ0n) is 13.3. The molecule has 0 amide bonds. The SMILES string of the molecule is Nc1nccc(-c2c[nH]c3nccc(N4CCCCC4CO)c23)n1. The van der Waals surface area contributed by atoms with Crippen molar-refractivity contribution in [3.8, 4) is 11.3 Å². The number of nitrogens with zero attached hydrogens (tertiary/aromatic N) is 4. The number of fused-ring (bicyclic) bond motifs is 1. The Morgan fingerprint density at radius 2 is 2.12 bits per heavy atom. The van der Waals surface area contributed by atoms with Crippen LogP contribution in [0.1, 0.15) is 19.3 Å². The summed E-state index contributed by atoms with van der Waals surface area (Å²) in [5, 5.41) is 10.8. The number of aliphatic hydroxyl groups is 1. The van der Waals surface area contributed by atoms with Crippen LogP contribution in [0.25, 0.3) is 22.3 Å². The molecule has 1 saturated heterocycles. The molecule has 1 atom stereocenters. The van der Waals surface area contributed by atoms with Gasteiger partial charge in [0.1, 0.15) is 5.65 Å². The number of hydrogen-bond donors (Lipinski definition) is 3. The molecular weight excluding hydrogens is 304 g/mol. The molecule has 3 aromatic rings. The van der Waals surface area contributed by atoms with Gasteiger partial charge in [0.25, 0.3) is 0 Å². The molecule has 1 unspecified atom stereocenters. The highest BCUT2D eigenvalue weighted by molar-refractivity contribution is 6.02. The first kappa shape index (κ1) is 14.9.